The molecule has 0 unspecified atom stereocenters. The molecule has 90 valence electrons. The number of hydrogen-bond acceptors (Lipinski definition) is 3. The Morgan fingerprint density at radius 3 is 2.89 bits per heavy atom. The van der Waals surface area contributed by atoms with Gasteiger partial charge in [0.25, 0.3) is 0 Å². The van der Waals surface area contributed by atoms with Gasteiger partial charge in [-0.25, -0.2) is 0 Å². The van der Waals surface area contributed by atoms with Crippen LogP contribution in [0.3, 0.4) is 0 Å². The SMILES string of the molecule is Cc1c[c-]c(Oc2ccc3c(c2)COB3O)cc1.[Rb+]. The molecule has 3 rings (SSSR count). The van der Waals surface area contributed by atoms with Crippen LogP contribution < -0.4 is 68.4 Å². The molecule has 19 heavy (non-hydrogen) atoms. The van der Waals surface area contributed by atoms with Gasteiger partial charge in [-0.3, -0.25) is 0 Å². The molecule has 0 bridgehead atoms. The summed E-state index contributed by atoms with van der Waals surface area (Å²) in [5.41, 5.74) is 2.93. The van der Waals surface area contributed by atoms with Crippen molar-refractivity contribution in [3.63, 3.8) is 0 Å². The largest absolute Gasteiger partial charge is 1.00 e. The summed E-state index contributed by atoms with van der Waals surface area (Å²) in [4.78, 5) is 0. The van der Waals surface area contributed by atoms with E-state index in [2.05, 4.69) is 6.07 Å². The molecule has 1 aliphatic heterocycles. The minimum Gasteiger partial charge on any atom is -0.483 e. The van der Waals surface area contributed by atoms with Crippen molar-refractivity contribution in [3.8, 4) is 11.5 Å². The van der Waals surface area contributed by atoms with Gasteiger partial charge in [-0.15, -0.1) is 12.1 Å². The average molecular weight is 325 g/mol. The van der Waals surface area contributed by atoms with Gasteiger partial charge >= 0.3 is 65.3 Å². The third kappa shape index (κ3) is 3.57. The molecule has 0 radical (unpaired) electrons. The fourth-order valence-corrected chi connectivity index (χ4v) is 1.95. The molecule has 1 aliphatic rings. The van der Waals surface area contributed by atoms with Crippen LogP contribution >= 0.6 is 0 Å². The van der Waals surface area contributed by atoms with Gasteiger partial charge < -0.3 is 14.4 Å². The molecule has 0 saturated carbocycles. The molecule has 0 spiro atoms. The Morgan fingerprint density at radius 1 is 1.32 bits per heavy atom. The third-order valence-electron chi connectivity index (χ3n) is 2.94. The van der Waals surface area contributed by atoms with E-state index in [4.69, 9.17) is 9.39 Å². The van der Waals surface area contributed by atoms with E-state index in [0.29, 0.717) is 12.4 Å². The van der Waals surface area contributed by atoms with Crippen molar-refractivity contribution >= 4 is 12.6 Å². The maximum absolute atomic E-state index is 9.52. The second-order valence-electron chi connectivity index (χ2n) is 4.36. The second-order valence-corrected chi connectivity index (χ2v) is 4.36. The van der Waals surface area contributed by atoms with Gasteiger partial charge in [-0.2, -0.15) is 17.7 Å². The Kier molecular flexibility index (Phi) is 5.40. The summed E-state index contributed by atoms with van der Waals surface area (Å²) >= 11 is 0. The average Bonchev–Trinajstić information content (AvgIpc) is 2.74. The molecule has 0 aliphatic carbocycles. The van der Waals surface area contributed by atoms with E-state index < -0.39 is 7.12 Å². The fourth-order valence-electron chi connectivity index (χ4n) is 1.95. The van der Waals surface area contributed by atoms with E-state index in [1.165, 1.54) is 0 Å². The summed E-state index contributed by atoms with van der Waals surface area (Å²) in [5.74, 6) is 1.41. The fraction of sp³-hybridized carbons (Fsp3) is 0.143. The third-order valence-corrected chi connectivity index (χ3v) is 2.94. The van der Waals surface area contributed by atoms with Gasteiger partial charge in [0, 0.05) is 5.75 Å². The van der Waals surface area contributed by atoms with Crippen LogP contribution in [0.15, 0.2) is 36.4 Å². The Morgan fingerprint density at radius 2 is 2.16 bits per heavy atom. The van der Waals surface area contributed by atoms with Gasteiger partial charge in [0.15, 0.2) is 0 Å². The number of rotatable bonds is 2. The number of ether oxygens (including phenoxy) is 1. The Labute approximate surface area is 161 Å². The van der Waals surface area contributed by atoms with E-state index in [0.717, 1.165) is 22.3 Å². The quantitative estimate of drug-likeness (QED) is 0.558. The van der Waals surface area contributed by atoms with E-state index in [-0.39, 0.29) is 58.2 Å². The number of hydrogen-bond donors (Lipinski definition) is 1. The topological polar surface area (TPSA) is 38.7 Å². The van der Waals surface area contributed by atoms with E-state index in [1.54, 1.807) is 0 Å². The van der Waals surface area contributed by atoms with Crippen LogP contribution in [0.1, 0.15) is 11.1 Å². The van der Waals surface area contributed by atoms with E-state index in [9.17, 15) is 5.02 Å². The Hall–Kier alpha value is 0.0301. The molecule has 0 amide bonds. The molecule has 1 heterocycles. The zero-order valence-electron chi connectivity index (χ0n) is 11.0. The molecule has 3 nitrogen and oxygen atoms in total. The van der Waals surface area contributed by atoms with Crippen molar-refractivity contribution in [2.45, 2.75) is 13.5 Å². The first-order valence-electron chi connectivity index (χ1n) is 5.81. The molecular weight excluding hydrogens is 312 g/mol. The maximum Gasteiger partial charge on any atom is 1.00 e. The first-order chi connectivity index (χ1) is 8.72. The molecule has 0 saturated heterocycles. The monoisotopic (exact) mass is 324 g/mol. The van der Waals surface area contributed by atoms with Gasteiger partial charge in [0.2, 0.25) is 0 Å². The summed E-state index contributed by atoms with van der Waals surface area (Å²) in [6, 6.07) is 14.3. The van der Waals surface area contributed by atoms with Crippen LogP contribution in [-0.2, 0) is 11.3 Å². The van der Waals surface area contributed by atoms with Crippen molar-refractivity contribution in [1.29, 1.82) is 0 Å². The van der Waals surface area contributed by atoms with E-state index in [1.807, 2.05) is 43.3 Å². The zero-order chi connectivity index (χ0) is 12.5. The molecule has 2 aromatic carbocycles. The van der Waals surface area contributed by atoms with Crippen molar-refractivity contribution in [3.05, 3.63) is 53.6 Å². The Bertz CT molecular complexity index is 571. The minimum absolute atomic E-state index is 0. The summed E-state index contributed by atoms with van der Waals surface area (Å²) in [6.07, 6.45) is 0. The summed E-state index contributed by atoms with van der Waals surface area (Å²) in [7, 11) is -0.806. The molecule has 0 atom stereocenters. The first-order valence-corrected chi connectivity index (χ1v) is 5.81. The summed E-state index contributed by atoms with van der Waals surface area (Å²) in [5, 5.41) is 9.52. The molecule has 5 heteroatoms. The predicted octanol–water partition coefficient (Wildman–Crippen LogP) is -1.19. The van der Waals surface area contributed by atoms with Crippen LogP contribution in [-0.4, -0.2) is 12.1 Å². The van der Waals surface area contributed by atoms with Crippen molar-refractivity contribution in [2.24, 2.45) is 0 Å². The van der Waals surface area contributed by atoms with Crippen LogP contribution in [0.25, 0.3) is 0 Å². The molecule has 2 aromatic rings. The van der Waals surface area contributed by atoms with Crippen LogP contribution in [0.4, 0.5) is 0 Å². The number of benzene rings is 2. The normalized spacial score (nSPS) is 12.8. The molecule has 1 N–H and O–H groups in total. The van der Waals surface area contributed by atoms with E-state index >= 15 is 0 Å². The zero-order valence-corrected chi connectivity index (χ0v) is 15.9. The summed E-state index contributed by atoms with van der Waals surface area (Å²) < 4.78 is 10.8. The maximum atomic E-state index is 9.52. The van der Waals surface area contributed by atoms with Crippen LogP contribution in [0, 0.1) is 13.0 Å². The van der Waals surface area contributed by atoms with Crippen molar-refractivity contribution < 1.29 is 72.6 Å². The number of aryl methyl sites for hydroxylation is 1. The van der Waals surface area contributed by atoms with Crippen molar-refractivity contribution in [1.82, 2.24) is 0 Å². The van der Waals surface area contributed by atoms with Gasteiger partial charge in [-0.1, -0.05) is 13.0 Å². The summed E-state index contributed by atoms with van der Waals surface area (Å²) in [6.45, 7) is 2.43. The van der Waals surface area contributed by atoms with Gasteiger partial charge in [0.05, 0.1) is 6.61 Å². The second kappa shape index (κ2) is 6.66. The van der Waals surface area contributed by atoms with Gasteiger partial charge in [0.1, 0.15) is 5.75 Å². The smallest absolute Gasteiger partial charge is 0.483 e. The molecular formula is C14H12BO3Rb. The number of fused-ring (bicyclic) bond motifs is 1. The standard InChI is InChI=1S/C14H12BO3.Rb/c1-10-2-4-12(5-3-10)18-13-6-7-14-11(8-13)9-17-15(14)16;/h2-4,6-8,16H,9H2,1H3;/q-1;+1. The predicted molar refractivity (Wildman–Crippen MR) is 68.9 cm³/mol. The molecule has 0 aromatic heterocycles. The van der Waals surface area contributed by atoms with Crippen LogP contribution in [0.5, 0.6) is 11.5 Å². The Balaban J connectivity index is 0.00000133. The van der Waals surface area contributed by atoms with Crippen molar-refractivity contribution in [2.75, 3.05) is 0 Å². The van der Waals surface area contributed by atoms with Gasteiger partial charge in [-0.05, 0) is 23.2 Å². The first kappa shape index (κ1) is 15.4. The molecule has 0 fully saturated rings. The minimum atomic E-state index is -0.806. The van der Waals surface area contributed by atoms with Crippen LogP contribution in [0.2, 0.25) is 0 Å².